The van der Waals surface area contributed by atoms with Crippen LogP contribution in [0, 0.1) is 0 Å². The molecule has 1 aliphatic rings. The second kappa shape index (κ2) is 7.59. The number of aromatic nitrogens is 2. The number of likely N-dealkylation sites (tertiary alicyclic amines) is 1. The van der Waals surface area contributed by atoms with Crippen molar-refractivity contribution < 1.29 is 14.3 Å². The molecule has 1 saturated heterocycles. The number of nitrogens with one attached hydrogen (secondary N) is 1. The highest BCUT2D eigenvalue weighted by Crippen LogP contribution is 2.17. The molecular formula is C15H21ClN4O3. The molecule has 0 unspecified atom stereocenters. The van der Waals surface area contributed by atoms with Crippen molar-refractivity contribution >= 4 is 23.6 Å². The van der Waals surface area contributed by atoms with Gasteiger partial charge in [0, 0.05) is 25.0 Å². The third kappa shape index (κ3) is 4.31. The number of piperidine rings is 1. The average Bonchev–Trinajstić information content (AvgIpc) is 2.54. The van der Waals surface area contributed by atoms with Crippen LogP contribution in [0.4, 0.5) is 4.79 Å². The number of halogens is 1. The predicted octanol–water partition coefficient (Wildman–Crippen LogP) is 2.21. The monoisotopic (exact) mass is 340 g/mol. The van der Waals surface area contributed by atoms with Crippen LogP contribution < -0.4 is 5.32 Å². The van der Waals surface area contributed by atoms with Crippen LogP contribution in [0.25, 0.3) is 0 Å². The summed E-state index contributed by atoms with van der Waals surface area (Å²) < 4.78 is 4.69. The Kier molecular flexibility index (Phi) is 5.76. The predicted molar refractivity (Wildman–Crippen MR) is 85.6 cm³/mol. The second-order valence-electron chi connectivity index (χ2n) is 5.78. The van der Waals surface area contributed by atoms with Gasteiger partial charge in [-0.3, -0.25) is 4.79 Å². The molecule has 2 amide bonds. The summed E-state index contributed by atoms with van der Waals surface area (Å²) in [6, 6.07) is -0.0167. The van der Waals surface area contributed by atoms with Gasteiger partial charge in [0.2, 0.25) is 0 Å². The fraction of sp³-hybridized carbons (Fsp3) is 0.600. The van der Waals surface area contributed by atoms with Gasteiger partial charge in [0.1, 0.15) is 11.5 Å². The molecule has 1 aliphatic heterocycles. The first-order valence-electron chi connectivity index (χ1n) is 7.58. The molecule has 1 fully saturated rings. The maximum Gasteiger partial charge on any atom is 0.409 e. The molecule has 0 aromatic carbocycles. The topological polar surface area (TPSA) is 84.4 Å². The van der Waals surface area contributed by atoms with Crippen LogP contribution in [-0.2, 0) is 4.74 Å². The van der Waals surface area contributed by atoms with Crippen LogP contribution in [0.1, 0.15) is 48.9 Å². The molecule has 23 heavy (non-hydrogen) atoms. The zero-order valence-corrected chi connectivity index (χ0v) is 14.3. The summed E-state index contributed by atoms with van der Waals surface area (Å²) in [7, 11) is 1.36. The first-order valence-corrected chi connectivity index (χ1v) is 7.96. The molecule has 0 saturated carbocycles. The highest BCUT2D eigenvalue weighted by Gasteiger charge is 2.25. The minimum atomic E-state index is -0.338. The number of carbonyl (C=O) groups excluding carboxylic acids is 2. The number of rotatable bonds is 3. The highest BCUT2D eigenvalue weighted by molar-refractivity contribution is 6.33. The summed E-state index contributed by atoms with van der Waals surface area (Å²) >= 11 is 6.04. The lowest BCUT2D eigenvalue weighted by Crippen LogP contribution is -2.46. The fourth-order valence-corrected chi connectivity index (χ4v) is 2.58. The first kappa shape index (κ1) is 17.5. The smallest absolute Gasteiger partial charge is 0.409 e. The molecule has 0 spiro atoms. The Morgan fingerprint density at radius 1 is 1.39 bits per heavy atom. The number of carbonyl (C=O) groups is 2. The van der Waals surface area contributed by atoms with Crippen molar-refractivity contribution in [2.24, 2.45) is 0 Å². The second-order valence-corrected chi connectivity index (χ2v) is 6.19. The van der Waals surface area contributed by atoms with E-state index in [4.69, 9.17) is 16.3 Å². The zero-order valence-electron chi connectivity index (χ0n) is 13.5. The van der Waals surface area contributed by atoms with Gasteiger partial charge in [-0.05, 0) is 12.8 Å². The molecular weight excluding hydrogens is 320 g/mol. The summed E-state index contributed by atoms with van der Waals surface area (Å²) in [5, 5.41) is 3.16. The molecule has 0 atom stereocenters. The molecule has 1 aromatic heterocycles. The molecule has 1 N–H and O–H groups in total. The van der Waals surface area contributed by atoms with Gasteiger partial charge in [-0.1, -0.05) is 25.4 Å². The van der Waals surface area contributed by atoms with Crippen molar-refractivity contribution in [2.45, 2.75) is 38.6 Å². The quantitative estimate of drug-likeness (QED) is 0.912. The highest BCUT2D eigenvalue weighted by atomic mass is 35.5. The summed E-state index contributed by atoms with van der Waals surface area (Å²) in [5.41, 5.74) is 0.195. The Hall–Kier alpha value is -1.89. The number of nitrogens with zero attached hydrogens (tertiary/aromatic N) is 3. The zero-order chi connectivity index (χ0) is 17.0. The van der Waals surface area contributed by atoms with Crippen molar-refractivity contribution in [3.63, 3.8) is 0 Å². The standard InChI is InChI=1S/C15H21ClN4O3/c1-9(2)13-17-8-11(16)12(19-13)14(21)18-10-4-6-20(7-5-10)15(22)23-3/h8-10H,4-7H2,1-3H3,(H,18,21). The Morgan fingerprint density at radius 3 is 2.61 bits per heavy atom. The van der Waals surface area contributed by atoms with E-state index in [1.54, 1.807) is 4.90 Å². The molecule has 1 aromatic rings. The van der Waals surface area contributed by atoms with Crippen LogP contribution in [-0.4, -0.2) is 53.1 Å². The fourth-order valence-electron chi connectivity index (χ4n) is 2.41. The average molecular weight is 341 g/mol. The summed E-state index contributed by atoms with van der Waals surface area (Å²) in [6.45, 7) is 5.00. The first-order chi connectivity index (χ1) is 10.9. The maximum atomic E-state index is 12.4. The van der Waals surface area contributed by atoms with Gasteiger partial charge in [0.05, 0.1) is 18.3 Å². The van der Waals surface area contributed by atoms with Gasteiger partial charge in [-0.15, -0.1) is 0 Å². The lowest BCUT2D eigenvalue weighted by Gasteiger charge is -2.31. The van der Waals surface area contributed by atoms with Gasteiger partial charge < -0.3 is 15.0 Å². The molecule has 8 heteroatoms. The largest absolute Gasteiger partial charge is 0.453 e. The van der Waals surface area contributed by atoms with E-state index in [0.29, 0.717) is 31.8 Å². The van der Waals surface area contributed by atoms with E-state index in [9.17, 15) is 9.59 Å². The van der Waals surface area contributed by atoms with Crippen LogP contribution >= 0.6 is 11.6 Å². The van der Waals surface area contributed by atoms with E-state index in [1.165, 1.54) is 13.3 Å². The minimum absolute atomic E-state index is 0.0167. The Morgan fingerprint density at radius 2 is 2.04 bits per heavy atom. The van der Waals surface area contributed by atoms with Gasteiger partial charge in [-0.25, -0.2) is 14.8 Å². The van der Waals surface area contributed by atoms with Crippen molar-refractivity contribution in [3.8, 4) is 0 Å². The lowest BCUT2D eigenvalue weighted by molar-refractivity contribution is 0.0887. The van der Waals surface area contributed by atoms with E-state index in [-0.39, 0.29) is 34.7 Å². The summed E-state index contributed by atoms with van der Waals surface area (Å²) in [6.07, 6.45) is 2.45. The van der Waals surface area contributed by atoms with E-state index < -0.39 is 0 Å². The summed E-state index contributed by atoms with van der Waals surface area (Å²) in [4.78, 5) is 33.8. The number of hydrogen-bond acceptors (Lipinski definition) is 5. The van der Waals surface area contributed by atoms with Crippen molar-refractivity contribution in [3.05, 3.63) is 22.7 Å². The lowest BCUT2D eigenvalue weighted by atomic mass is 10.1. The van der Waals surface area contributed by atoms with E-state index in [2.05, 4.69) is 15.3 Å². The van der Waals surface area contributed by atoms with Crippen LogP contribution in [0.2, 0.25) is 5.02 Å². The third-order valence-electron chi connectivity index (χ3n) is 3.76. The molecule has 0 aliphatic carbocycles. The van der Waals surface area contributed by atoms with Crippen molar-refractivity contribution in [2.75, 3.05) is 20.2 Å². The maximum absolute atomic E-state index is 12.4. The molecule has 126 valence electrons. The number of hydrogen-bond donors (Lipinski definition) is 1. The third-order valence-corrected chi connectivity index (χ3v) is 4.03. The van der Waals surface area contributed by atoms with Gasteiger partial charge in [0.25, 0.3) is 5.91 Å². The van der Waals surface area contributed by atoms with Gasteiger partial charge in [-0.2, -0.15) is 0 Å². The Balaban J connectivity index is 1.98. The number of ether oxygens (including phenoxy) is 1. The molecule has 2 rings (SSSR count). The van der Waals surface area contributed by atoms with E-state index in [0.717, 1.165) is 0 Å². The van der Waals surface area contributed by atoms with Crippen LogP contribution in [0.3, 0.4) is 0 Å². The SMILES string of the molecule is COC(=O)N1CCC(NC(=O)c2nc(C(C)C)ncc2Cl)CC1. The summed E-state index contributed by atoms with van der Waals surface area (Å²) in [5.74, 6) is 0.387. The number of methoxy groups -OCH3 is 1. The van der Waals surface area contributed by atoms with E-state index >= 15 is 0 Å². The molecule has 2 heterocycles. The Labute approximate surface area is 140 Å². The van der Waals surface area contributed by atoms with Crippen molar-refractivity contribution in [1.82, 2.24) is 20.2 Å². The minimum Gasteiger partial charge on any atom is -0.453 e. The Bertz CT molecular complexity index is 586. The van der Waals surface area contributed by atoms with Crippen molar-refractivity contribution in [1.29, 1.82) is 0 Å². The van der Waals surface area contributed by atoms with Crippen LogP contribution in [0.5, 0.6) is 0 Å². The number of amides is 2. The van der Waals surface area contributed by atoms with E-state index in [1.807, 2.05) is 13.8 Å². The normalized spacial score (nSPS) is 15.6. The molecule has 0 radical (unpaired) electrons. The molecule has 7 nitrogen and oxygen atoms in total. The van der Waals surface area contributed by atoms with Crippen LogP contribution in [0.15, 0.2) is 6.20 Å². The van der Waals surface area contributed by atoms with Gasteiger partial charge >= 0.3 is 6.09 Å². The van der Waals surface area contributed by atoms with Gasteiger partial charge in [0.15, 0.2) is 0 Å². The molecule has 0 bridgehead atoms.